The summed E-state index contributed by atoms with van der Waals surface area (Å²) in [7, 11) is 0. The van der Waals surface area contributed by atoms with Crippen LogP contribution in [0.4, 0.5) is 0 Å². The highest BCUT2D eigenvalue weighted by molar-refractivity contribution is 5.15. The molecule has 0 aromatic heterocycles. The Kier molecular flexibility index (Phi) is 3.16. The normalized spacial score (nSPS) is 11.3. The van der Waals surface area contributed by atoms with E-state index in [9.17, 15) is 0 Å². The summed E-state index contributed by atoms with van der Waals surface area (Å²) in [6, 6.07) is 9.80. The van der Waals surface area contributed by atoms with Crippen molar-refractivity contribution in [2.24, 2.45) is 17.3 Å². The second-order valence-corrected chi connectivity index (χ2v) is 2.71. The van der Waals surface area contributed by atoms with Crippen LogP contribution in [0.1, 0.15) is 5.56 Å². The van der Waals surface area contributed by atoms with Crippen LogP contribution in [0, 0.1) is 0 Å². The Balaban J connectivity index is 2.60. The molecule has 0 aliphatic rings. The maximum atomic E-state index is 5.62. The lowest BCUT2D eigenvalue weighted by Crippen LogP contribution is -2.34. The van der Waals surface area contributed by atoms with E-state index >= 15 is 0 Å². The van der Waals surface area contributed by atoms with Crippen LogP contribution in [-0.4, -0.2) is 5.01 Å². The molecular formula is C9H14N4. The van der Waals surface area contributed by atoms with Gasteiger partial charge in [-0.3, -0.25) is 5.01 Å². The van der Waals surface area contributed by atoms with Crippen LogP contribution in [0.25, 0.3) is 0 Å². The largest absolute Gasteiger partial charge is 0.402 e. The summed E-state index contributed by atoms with van der Waals surface area (Å²) < 4.78 is 0. The van der Waals surface area contributed by atoms with Crippen LogP contribution in [0.15, 0.2) is 42.4 Å². The summed E-state index contributed by atoms with van der Waals surface area (Å²) in [4.78, 5) is 0. The topological polar surface area (TPSA) is 81.3 Å². The molecule has 0 heterocycles. The van der Waals surface area contributed by atoms with E-state index in [0.717, 1.165) is 5.56 Å². The van der Waals surface area contributed by atoms with Gasteiger partial charge < -0.3 is 11.5 Å². The minimum Gasteiger partial charge on any atom is -0.402 e. The molecule has 1 aromatic carbocycles. The number of hydrogen-bond acceptors (Lipinski definition) is 4. The van der Waals surface area contributed by atoms with E-state index in [2.05, 4.69) is 0 Å². The van der Waals surface area contributed by atoms with Crippen molar-refractivity contribution in [1.82, 2.24) is 5.01 Å². The molecule has 0 radical (unpaired) electrons. The number of benzene rings is 1. The van der Waals surface area contributed by atoms with Crippen molar-refractivity contribution in [1.29, 1.82) is 0 Å². The maximum absolute atomic E-state index is 5.62. The smallest absolute Gasteiger partial charge is 0.129 e. The Morgan fingerprint density at radius 3 is 2.46 bits per heavy atom. The molecule has 0 unspecified atom stereocenters. The van der Waals surface area contributed by atoms with Gasteiger partial charge >= 0.3 is 0 Å². The van der Waals surface area contributed by atoms with E-state index in [-0.39, 0.29) is 0 Å². The highest BCUT2D eigenvalue weighted by Gasteiger charge is 2.00. The van der Waals surface area contributed by atoms with E-state index in [1.807, 2.05) is 30.3 Å². The van der Waals surface area contributed by atoms with E-state index in [4.69, 9.17) is 17.3 Å². The third-order valence-corrected chi connectivity index (χ3v) is 1.70. The second kappa shape index (κ2) is 4.37. The standard InChI is InChI=1S/C9H14N4/c10-6-9(11)13(12)7-8-4-2-1-3-5-8/h1-6H,7,10-12H2/b9-6-. The average Bonchev–Trinajstić information content (AvgIpc) is 2.18. The van der Waals surface area contributed by atoms with E-state index in [0.29, 0.717) is 12.4 Å². The van der Waals surface area contributed by atoms with Crippen molar-refractivity contribution in [3.63, 3.8) is 0 Å². The summed E-state index contributed by atoms with van der Waals surface area (Å²) in [5, 5.41) is 1.40. The highest BCUT2D eigenvalue weighted by Crippen LogP contribution is 2.02. The summed E-state index contributed by atoms with van der Waals surface area (Å²) in [5.41, 5.74) is 11.8. The summed E-state index contributed by atoms with van der Waals surface area (Å²) in [5.74, 6) is 5.98. The molecule has 0 bridgehead atoms. The quantitative estimate of drug-likeness (QED) is 0.452. The van der Waals surface area contributed by atoms with Gasteiger partial charge in [-0.1, -0.05) is 30.3 Å². The minimum absolute atomic E-state index is 0.365. The van der Waals surface area contributed by atoms with E-state index in [1.54, 1.807) is 0 Å². The summed E-state index contributed by atoms with van der Waals surface area (Å²) in [6.07, 6.45) is 1.28. The first kappa shape index (κ1) is 9.41. The Labute approximate surface area is 77.6 Å². The molecule has 0 saturated heterocycles. The number of nitrogens with two attached hydrogens (primary N) is 3. The predicted molar refractivity (Wildman–Crippen MR) is 52.6 cm³/mol. The van der Waals surface area contributed by atoms with Gasteiger partial charge in [0.15, 0.2) is 0 Å². The fourth-order valence-electron chi connectivity index (χ4n) is 0.967. The molecule has 13 heavy (non-hydrogen) atoms. The molecule has 0 amide bonds. The third-order valence-electron chi connectivity index (χ3n) is 1.70. The third kappa shape index (κ3) is 2.68. The molecule has 0 fully saturated rings. The molecule has 6 N–H and O–H groups in total. The van der Waals surface area contributed by atoms with Gasteiger partial charge in [0.1, 0.15) is 5.82 Å². The van der Waals surface area contributed by atoms with Gasteiger partial charge in [-0.2, -0.15) is 0 Å². The molecule has 0 spiro atoms. The van der Waals surface area contributed by atoms with Gasteiger partial charge in [0.05, 0.1) is 6.54 Å². The lowest BCUT2D eigenvalue weighted by molar-refractivity contribution is 0.346. The van der Waals surface area contributed by atoms with E-state index in [1.165, 1.54) is 11.2 Å². The van der Waals surface area contributed by atoms with Crippen LogP contribution in [-0.2, 0) is 6.54 Å². The van der Waals surface area contributed by atoms with Crippen molar-refractivity contribution in [2.45, 2.75) is 6.54 Å². The van der Waals surface area contributed by atoms with Gasteiger partial charge in [-0.15, -0.1) is 0 Å². The summed E-state index contributed by atoms with van der Waals surface area (Å²) in [6.45, 7) is 0.556. The molecular weight excluding hydrogens is 164 g/mol. The second-order valence-electron chi connectivity index (χ2n) is 2.71. The lowest BCUT2D eigenvalue weighted by atomic mass is 10.2. The van der Waals surface area contributed by atoms with Crippen LogP contribution in [0.5, 0.6) is 0 Å². The first-order valence-electron chi connectivity index (χ1n) is 3.97. The van der Waals surface area contributed by atoms with Crippen LogP contribution in [0.2, 0.25) is 0 Å². The fraction of sp³-hybridized carbons (Fsp3) is 0.111. The Hall–Kier alpha value is -1.68. The number of hydrazine groups is 1. The summed E-state index contributed by atoms with van der Waals surface area (Å²) >= 11 is 0. The van der Waals surface area contributed by atoms with E-state index < -0.39 is 0 Å². The molecule has 4 heteroatoms. The molecule has 0 aliphatic carbocycles. The zero-order valence-electron chi connectivity index (χ0n) is 7.35. The molecule has 0 saturated carbocycles. The van der Waals surface area contributed by atoms with Crippen LogP contribution < -0.4 is 17.3 Å². The van der Waals surface area contributed by atoms with Gasteiger partial charge in [-0.25, -0.2) is 5.84 Å². The Morgan fingerprint density at radius 2 is 1.92 bits per heavy atom. The van der Waals surface area contributed by atoms with Gasteiger partial charge in [0.25, 0.3) is 0 Å². The van der Waals surface area contributed by atoms with Crippen molar-refractivity contribution in [3.05, 3.63) is 47.9 Å². The van der Waals surface area contributed by atoms with Gasteiger partial charge in [-0.05, 0) is 5.56 Å². The zero-order valence-corrected chi connectivity index (χ0v) is 7.35. The number of nitrogens with zero attached hydrogens (tertiary/aromatic N) is 1. The molecule has 70 valence electrons. The molecule has 0 atom stereocenters. The van der Waals surface area contributed by atoms with Crippen molar-refractivity contribution in [3.8, 4) is 0 Å². The van der Waals surface area contributed by atoms with Gasteiger partial charge in [0.2, 0.25) is 0 Å². The van der Waals surface area contributed by atoms with Crippen LogP contribution >= 0.6 is 0 Å². The lowest BCUT2D eigenvalue weighted by Gasteiger charge is -2.17. The highest BCUT2D eigenvalue weighted by atomic mass is 15.4. The van der Waals surface area contributed by atoms with Crippen molar-refractivity contribution < 1.29 is 0 Å². The average molecular weight is 178 g/mol. The molecule has 0 aliphatic heterocycles. The zero-order chi connectivity index (χ0) is 9.68. The molecule has 1 aromatic rings. The Bertz CT molecular complexity index is 281. The monoisotopic (exact) mass is 178 g/mol. The first-order chi connectivity index (χ1) is 6.24. The molecule has 4 nitrogen and oxygen atoms in total. The SMILES string of the molecule is N/C=C(/N)N(N)Cc1ccccc1. The predicted octanol–water partition coefficient (Wildman–Crippen LogP) is 0.0786. The van der Waals surface area contributed by atoms with Crippen molar-refractivity contribution >= 4 is 0 Å². The molecule has 1 rings (SSSR count). The maximum Gasteiger partial charge on any atom is 0.129 e. The van der Waals surface area contributed by atoms with Crippen molar-refractivity contribution in [2.75, 3.05) is 0 Å². The fourth-order valence-corrected chi connectivity index (χ4v) is 0.967. The van der Waals surface area contributed by atoms with Crippen LogP contribution in [0.3, 0.4) is 0 Å². The van der Waals surface area contributed by atoms with Gasteiger partial charge in [0, 0.05) is 6.20 Å². The first-order valence-corrected chi connectivity index (χ1v) is 3.97. The number of rotatable bonds is 3. The number of hydrogen-bond donors (Lipinski definition) is 3. The Morgan fingerprint density at radius 1 is 1.31 bits per heavy atom. The minimum atomic E-state index is 0.365.